The Hall–Kier alpha value is -2.91. The second kappa shape index (κ2) is 7.61. The number of benzene rings is 2. The highest BCUT2D eigenvalue weighted by Gasteiger charge is 2.33. The highest BCUT2D eigenvalue weighted by Crippen LogP contribution is 2.30. The molecule has 28 heavy (non-hydrogen) atoms. The van der Waals surface area contributed by atoms with Crippen LogP contribution in [0.15, 0.2) is 59.8 Å². The monoisotopic (exact) mass is 400 g/mol. The number of carbonyl (C=O) groups is 1. The first-order valence-electron chi connectivity index (χ1n) is 8.57. The molecule has 9 heteroatoms. The molecule has 2 atom stereocenters. The Morgan fingerprint density at radius 3 is 2.71 bits per heavy atom. The number of amides is 1. The molecule has 0 saturated carbocycles. The third-order valence-electron chi connectivity index (χ3n) is 4.50. The molecule has 1 saturated heterocycles. The molecule has 1 aliphatic rings. The van der Waals surface area contributed by atoms with Gasteiger partial charge in [0.2, 0.25) is 0 Å². The molecule has 1 aliphatic heterocycles. The Balaban J connectivity index is 1.52. The number of nitrogens with zero attached hydrogens (tertiary/aromatic N) is 4. The zero-order valence-electron chi connectivity index (χ0n) is 15.0. The van der Waals surface area contributed by atoms with E-state index in [-0.39, 0.29) is 6.10 Å². The summed E-state index contributed by atoms with van der Waals surface area (Å²) in [6.07, 6.45) is 3.92. The van der Waals surface area contributed by atoms with Gasteiger partial charge in [-0.2, -0.15) is 0 Å². The van der Waals surface area contributed by atoms with Crippen LogP contribution in [0.25, 0.3) is 11.1 Å². The summed E-state index contributed by atoms with van der Waals surface area (Å²) >= 11 is -1.09. The maximum Gasteiger partial charge on any atom is 0.414 e. The van der Waals surface area contributed by atoms with E-state index in [4.69, 9.17) is 4.74 Å². The lowest BCUT2D eigenvalue weighted by Crippen LogP contribution is -2.26. The van der Waals surface area contributed by atoms with Crippen molar-refractivity contribution in [1.82, 2.24) is 15.0 Å². The third kappa shape index (κ3) is 3.71. The molecule has 3 aromatic rings. The van der Waals surface area contributed by atoms with Gasteiger partial charge in [-0.25, -0.2) is 13.9 Å². The highest BCUT2D eigenvalue weighted by molar-refractivity contribution is 7.90. The highest BCUT2D eigenvalue weighted by atomic mass is 32.2. The van der Waals surface area contributed by atoms with E-state index >= 15 is 0 Å². The third-order valence-corrected chi connectivity index (χ3v) is 5.43. The van der Waals surface area contributed by atoms with Gasteiger partial charge in [-0.05, 0) is 59.2 Å². The van der Waals surface area contributed by atoms with Gasteiger partial charge in [0.15, 0.2) is 4.90 Å². The number of hydrogen-bond donors (Lipinski definition) is 0. The van der Waals surface area contributed by atoms with Crippen LogP contribution in [0.1, 0.15) is 0 Å². The van der Waals surface area contributed by atoms with Crippen molar-refractivity contribution in [2.45, 2.75) is 17.5 Å². The molecule has 0 spiro atoms. The second-order valence-electron chi connectivity index (χ2n) is 6.38. The lowest BCUT2D eigenvalue weighted by molar-refractivity contribution is 0.129. The van der Waals surface area contributed by atoms with E-state index in [9.17, 15) is 13.7 Å². The van der Waals surface area contributed by atoms with Crippen molar-refractivity contribution in [3.63, 3.8) is 0 Å². The molecule has 4 rings (SSSR count). The van der Waals surface area contributed by atoms with E-state index in [1.807, 2.05) is 0 Å². The first kappa shape index (κ1) is 18.5. The van der Waals surface area contributed by atoms with Crippen LogP contribution in [0.4, 0.5) is 14.9 Å². The summed E-state index contributed by atoms with van der Waals surface area (Å²) in [4.78, 5) is 14.3. The van der Waals surface area contributed by atoms with E-state index in [1.165, 1.54) is 11.0 Å². The van der Waals surface area contributed by atoms with Gasteiger partial charge in [0.25, 0.3) is 0 Å². The van der Waals surface area contributed by atoms with Crippen molar-refractivity contribution in [1.29, 1.82) is 0 Å². The Kier molecular flexibility index (Phi) is 5.01. The summed E-state index contributed by atoms with van der Waals surface area (Å²) in [7, 11) is 0. The van der Waals surface area contributed by atoms with Crippen LogP contribution in [0.2, 0.25) is 0 Å². The molecule has 0 radical (unpaired) electrons. The largest absolute Gasteiger partial charge is 0.612 e. The number of halogens is 1. The summed E-state index contributed by atoms with van der Waals surface area (Å²) in [6, 6.07) is 11.5. The van der Waals surface area contributed by atoms with E-state index in [2.05, 4.69) is 10.3 Å². The standard InChI is InChI=1S/C19H17FN4O3S/c1-28(26)16-5-2-13(3-6-16)17-7-4-14(10-18(17)20)24-12-15(27-19(24)25)11-23-9-8-21-22-23/h2-10,15H,11-12H2,1H3/t15-,28?/m0/s1. The molecule has 2 heterocycles. The lowest BCUT2D eigenvalue weighted by atomic mass is 10.0. The van der Waals surface area contributed by atoms with Crippen molar-refractivity contribution < 1.29 is 18.5 Å². The zero-order valence-corrected chi connectivity index (χ0v) is 15.8. The van der Waals surface area contributed by atoms with Gasteiger partial charge in [0.05, 0.1) is 25.0 Å². The molecule has 1 aromatic heterocycles. The predicted molar refractivity (Wildman–Crippen MR) is 102 cm³/mol. The number of carbonyl (C=O) groups excluding carboxylic acids is 1. The van der Waals surface area contributed by atoms with E-state index in [1.54, 1.807) is 59.7 Å². The maximum atomic E-state index is 14.7. The fourth-order valence-corrected chi connectivity index (χ4v) is 3.62. The lowest BCUT2D eigenvalue weighted by Gasteiger charge is -2.14. The fourth-order valence-electron chi connectivity index (χ4n) is 3.10. The quantitative estimate of drug-likeness (QED) is 0.615. The van der Waals surface area contributed by atoms with Gasteiger partial charge < -0.3 is 9.29 Å². The zero-order chi connectivity index (χ0) is 19.7. The van der Waals surface area contributed by atoms with Crippen LogP contribution in [0, 0.1) is 5.82 Å². The van der Waals surface area contributed by atoms with Crippen molar-refractivity contribution in [3.05, 3.63) is 60.7 Å². The topological polar surface area (TPSA) is 83.3 Å². The maximum absolute atomic E-state index is 14.7. The number of rotatable bonds is 5. The second-order valence-corrected chi connectivity index (χ2v) is 7.76. The molecular formula is C19H17FN4O3S. The SMILES string of the molecule is C[S+]([O-])c1ccc(-c2ccc(N3C[C@H](Cn4ccnn4)OC3=O)cc2F)cc1. The first-order valence-corrected chi connectivity index (χ1v) is 10.1. The average Bonchev–Trinajstić information content (AvgIpc) is 3.31. The molecule has 7 nitrogen and oxygen atoms in total. The Morgan fingerprint density at radius 1 is 1.29 bits per heavy atom. The van der Waals surface area contributed by atoms with E-state index < -0.39 is 23.1 Å². The Labute approximate surface area is 163 Å². The van der Waals surface area contributed by atoms with Crippen LogP contribution < -0.4 is 4.90 Å². The van der Waals surface area contributed by atoms with Crippen LogP contribution in [0.3, 0.4) is 0 Å². The Morgan fingerprint density at radius 2 is 2.07 bits per heavy atom. The van der Waals surface area contributed by atoms with Crippen LogP contribution in [0.5, 0.6) is 0 Å². The number of hydrogen-bond acceptors (Lipinski definition) is 5. The minimum Gasteiger partial charge on any atom is -0.612 e. The first-order chi connectivity index (χ1) is 13.5. The summed E-state index contributed by atoms with van der Waals surface area (Å²) in [5, 5.41) is 7.57. The predicted octanol–water partition coefficient (Wildman–Crippen LogP) is 2.85. The molecular weight excluding hydrogens is 383 g/mol. The van der Waals surface area contributed by atoms with Crippen molar-refractivity contribution in [2.75, 3.05) is 17.7 Å². The number of ether oxygens (including phenoxy) is 1. The van der Waals surface area contributed by atoms with Crippen molar-refractivity contribution >= 4 is 23.0 Å². The summed E-state index contributed by atoms with van der Waals surface area (Å²) in [6.45, 7) is 0.683. The fraction of sp³-hybridized carbons (Fsp3) is 0.211. The molecule has 0 aliphatic carbocycles. The number of anilines is 1. The number of aromatic nitrogens is 3. The van der Waals surface area contributed by atoms with Gasteiger partial charge in [0, 0.05) is 11.8 Å². The minimum atomic E-state index is -1.09. The summed E-state index contributed by atoms with van der Waals surface area (Å²) in [5.74, 6) is -0.449. The van der Waals surface area contributed by atoms with Gasteiger partial charge in [-0.1, -0.05) is 5.21 Å². The van der Waals surface area contributed by atoms with Gasteiger partial charge in [0.1, 0.15) is 18.2 Å². The molecule has 0 bridgehead atoms. The molecule has 2 aromatic carbocycles. The minimum absolute atomic E-state index is 0.300. The Bertz CT molecular complexity index is 979. The van der Waals surface area contributed by atoms with Crippen molar-refractivity contribution in [3.8, 4) is 11.1 Å². The molecule has 1 unspecified atom stereocenters. The van der Waals surface area contributed by atoms with Gasteiger partial charge in [-0.15, -0.1) is 5.10 Å². The molecule has 144 valence electrons. The van der Waals surface area contributed by atoms with Crippen LogP contribution in [-0.2, 0) is 22.5 Å². The van der Waals surface area contributed by atoms with E-state index in [0.717, 1.165) is 0 Å². The normalized spacial score (nSPS) is 17.6. The van der Waals surface area contributed by atoms with E-state index in [0.29, 0.717) is 34.8 Å². The smallest absolute Gasteiger partial charge is 0.414 e. The average molecular weight is 400 g/mol. The summed E-state index contributed by atoms with van der Waals surface area (Å²) in [5.41, 5.74) is 1.51. The van der Waals surface area contributed by atoms with Crippen LogP contribution >= 0.6 is 0 Å². The van der Waals surface area contributed by atoms with Crippen LogP contribution in [-0.4, -0.2) is 44.5 Å². The molecule has 1 amide bonds. The van der Waals surface area contributed by atoms with Gasteiger partial charge >= 0.3 is 6.09 Å². The molecule has 1 fully saturated rings. The summed E-state index contributed by atoms with van der Waals surface area (Å²) < 4.78 is 33.1. The van der Waals surface area contributed by atoms with Crippen molar-refractivity contribution in [2.24, 2.45) is 0 Å². The molecule has 0 N–H and O–H groups in total. The number of cyclic esters (lactones) is 1. The van der Waals surface area contributed by atoms with Gasteiger partial charge in [-0.3, -0.25) is 4.90 Å².